The van der Waals surface area contributed by atoms with E-state index in [1.165, 1.54) is 17.4 Å². The smallest absolute Gasteiger partial charge is 0.254 e. The molecule has 0 fully saturated rings. The zero-order valence-corrected chi connectivity index (χ0v) is 19.3. The summed E-state index contributed by atoms with van der Waals surface area (Å²) in [7, 11) is 3.30. The molecule has 2 N–H and O–H groups in total. The molecular formula is C22H27ClFN3O3S. The standard InChI is InChI=1S/C22H27ClFN3O3S/c1-27(12-15-16(23)7-5-8-17(15)24)13-19(28)26-22-20(21(29)25-10-11-30-2)14-6-3-4-9-18(14)31-22/h5,7-8H,3-4,6,9-13H2,1-2H3,(H,25,29)(H,26,28). The first-order valence-corrected chi connectivity index (χ1v) is 11.4. The van der Waals surface area contributed by atoms with Crippen molar-refractivity contribution in [2.45, 2.75) is 32.2 Å². The lowest BCUT2D eigenvalue weighted by molar-refractivity contribution is -0.117. The number of hydrogen-bond donors (Lipinski definition) is 2. The second kappa shape index (κ2) is 11.0. The quantitative estimate of drug-likeness (QED) is 0.549. The molecule has 0 radical (unpaired) electrons. The largest absolute Gasteiger partial charge is 0.383 e. The van der Waals surface area contributed by atoms with Gasteiger partial charge in [-0.15, -0.1) is 11.3 Å². The van der Waals surface area contributed by atoms with E-state index in [4.69, 9.17) is 16.3 Å². The summed E-state index contributed by atoms with van der Waals surface area (Å²) in [6.07, 6.45) is 3.86. The second-order valence-electron chi connectivity index (χ2n) is 7.58. The van der Waals surface area contributed by atoms with Crippen LogP contribution in [0.4, 0.5) is 9.39 Å². The fraction of sp³-hybridized carbons (Fsp3) is 0.455. The first kappa shape index (κ1) is 23.7. The summed E-state index contributed by atoms with van der Waals surface area (Å²) in [5.41, 5.74) is 1.95. The maximum Gasteiger partial charge on any atom is 0.254 e. The Morgan fingerprint density at radius 3 is 2.81 bits per heavy atom. The number of nitrogens with zero attached hydrogens (tertiary/aromatic N) is 1. The number of methoxy groups -OCH3 is 1. The topological polar surface area (TPSA) is 70.7 Å². The van der Waals surface area contributed by atoms with Gasteiger partial charge in [0.2, 0.25) is 5.91 Å². The number of benzene rings is 1. The summed E-state index contributed by atoms with van der Waals surface area (Å²) < 4.78 is 19.0. The second-order valence-corrected chi connectivity index (χ2v) is 9.10. The highest BCUT2D eigenvalue weighted by molar-refractivity contribution is 7.17. The molecule has 168 valence electrons. The van der Waals surface area contributed by atoms with Gasteiger partial charge in [-0.3, -0.25) is 14.5 Å². The van der Waals surface area contributed by atoms with Crippen molar-refractivity contribution in [3.05, 3.63) is 50.6 Å². The van der Waals surface area contributed by atoms with Crippen LogP contribution in [0.5, 0.6) is 0 Å². The molecule has 2 amide bonds. The zero-order chi connectivity index (χ0) is 22.4. The molecule has 1 aliphatic rings. The van der Waals surface area contributed by atoms with Crippen molar-refractivity contribution in [1.29, 1.82) is 0 Å². The Morgan fingerprint density at radius 2 is 2.06 bits per heavy atom. The van der Waals surface area contributed by atoms with Crippen LogP contribution in [0.15, 0.2) is 18.2 Å². The Hall–Kier alpha value is -2.00. The average Bonchev–Trinajstić information content (AvgIpc) is 3.08. The highest BCUT2D eigenvalue weighted by Gasteiger charge is 2.26. The molecule has 3 rings (SSSR count). The molecule has 0 atom stereocenters. The molecule has 1 aliphatic carbocycles. The number of amides is 2. The van der Waals surface area contributed by atoms with Crippen molar-refractivity contribution in [1.82, 2.24) is 10.2 Å². The maximum atomic E-state index is 14.0. The molecule has 0 unspecified atom stereocenters. The summed E-state index contributed by atoms with van der Waals surface area (Å²) in [6, 6.07) is 4.52. The highest BCUT2D eigenvalue weighted by Crippen LogP contribution is 2.38. The van der Waals surface area contributed by atoms with Crippen LogP contribution in [0.2, 0.25) is 5.02 Å². The van der Waals surface area contributed by atoms with Crippen LogP contribution in [0.1, 0.15) is 39.2 Å². The number of thiophene rings is 1. The molecule has 2 aromatic rings. The number of hydrogen-bond acceptors (Lipinski definition) is 5. The van der Waals surface area contributed by atoms with Crippen LogP contribution in [-0.2, 0) is 28.9 Å². The first-order chi connectivity index (χ1) is 14.9. The molecule has 1 aromatic carbocycles. The number of anilines is 1. The van der Waals surface area contributed by atoms with Gasteiger partial charge in [0.1, 0.15) is 10.8 Å². The van der Waals surface area contributed by atoms with Gasteiger partial charge >= 0.3 is 0 Å². The van der Waals surface area contributed by atoms with Crippen LogP contribution in [0, 0.1) is 5.82 Å². The summed E-state index contributed by atoms with van der Waals surface area (Å²) in [5, 5.41) is 6.66. The molecule has 31 heavy (non-hydrogen) atoms. The monoisotopic (exact) mass is 467 g/mol. The number of nitrogens with one attached hydrogen (secondary N) is 2. The zero-order valence-electron chi connectivity index (χ0n) is 17.7. The minimum Gasteiger partial charge on any atom is -0.383 e. The molecule has 0 saturated carbocycles. The molecule has 1 heterocycles. The maximum absolute atomic E-state index is 14.0. The predicted molar refractivity (Wildman–Crippen MR) is 122 cm³/mol. The van der Waals surface area contributed by atoms with Gasteiger partial charge < -0.3 is 15.4 Å². The van der Waals surface area contributed by atoms with Crippen molar-refractivity contribution in [3.8, 4) is 0 Å². The molecule has 0 aliphatic heterocycles. The van der Waals surface area contributed by atoms with E-state index in [2.05, 4.69) is 10.6 Å². The fourth-order valence-electron chi connectivity index (χ4n) is 3.67. The van der Waals surface area contributed by atoms with Crippen LogP contribution in [0.3, 0.4) is 0 Å². The molecule has 0 spiro atoms. The van der Waals surface area contributed by atoms with E-state index in [1.807, 2.05) is 0 Å². The van der Waals surface area contributed by atoms with E-state index in [-0.39, 0.29) is 24.9 Å². The van der Waals surface area contributed by atoms with E-state index in [0.29, 0.717) is 34.3 Å². The summed E-state index contributed by atoms with van der Waals surface area (Å²) in [4.78, 5) is 28.4. The van der Waals surface area contributed by atoms with E-state index >= 15 is 0 Å². The van der Waals surface area contributed by atoms with E-state index in [0.717, 1.165) is 36.1 Å². The van der Waals surface area contributed by atoms with Gasteiger partial charge in [0.05, 0.1) is 18.7 Å². The lowest BCUT2D eigenvalue weighted by Crippen LogP contribution is -2.32. The normalized spacial score (nSPS) is 13.2. The number of ether oxygens (including phenoxy) is 1. The van der Waals surface area contributed by atoms with Crippen LogP contribution in [-0.4, -0.2) is 50.6 Å². The van der Waals surface area contributed by atoms with E-state index < -0.39 is 5.82 Å². The third-order valence-electron chi connectivity index (χ3n) is 5.15. The van der Waals surface area contributed by atoms with Gasteiger partial charge in [-0.05, 0) is 50.4 Å². The van der Waals surface area contributed by atoms with Crippen molar-refractivity contribution in [2.24, 2.45) is 0 Å². The number of carbonyl (C=O) groups excluding carboxylic acids is 2. The Kier molecular flexibility index (Phi) is 8.43. The van der Waals surface area contributed by atoms with Gasteiger partial charge in [0.25, 0.3) is 5.91 Å². The minimum absolute atomic E-state index is 0.0396. The highest BCUT2D eigenvalue weighted by atomic mass is 35.5. The Balaban J connectivity index is 1.70. The van der Waals surface area contributed by atoms with Crippen molar-refractivity contribution in [3.63, 3.8) is 0 Å². The third-order valence-corrected chi connectivity index (χ3v) is 6.71. The number of carbonyl (C=O) groups is 2. The van der Waals surface area contributed by atoms with Crippen LogP contribution in [0.25, 0.3) is 0 Å². The molecule has 1 aromatic heterocycles. The summed E-state index contributed by atoms with van der Waals surface area (Å²) in [5.74, 6) is -0.863. The Morgan fingerprint density at radius 1 is 1.29 bits per heavy atom. The van der Waals surface area contributed by atoms with E-state index in [9.17, 15) is 14.0 Å². The van der Waals surface area contributed by atoms with Gasteiger partial charge in [-0.25, -0.2) is 4.39 Å². The predicted octanol–water partition coefficient (Wildman–Crippen LogP) is 3.87. The van der Waals surface area contributed by atoms with Crippen molar-refractivity contribution < 1.29 is 18.7 Å². The number of fused-ring (bicyclic) bond motifs is 1. The van der Waals surface area contributed by atoms with Gasteiger partial charge in [-0.1, -0.05) is 17.7 Å². The number of aryl methyl sites for hydroxylation is 1. The van der Waals surface area contributed by atoms with Crippen LogP contribution < -0.4 is 10.6 Å². The lowest BCUT2D eigenvalue weighted by atomic mass is 9.95. The average molecular weight is 468 g/mol. The Labute approximate surface area is 190 Å². The third kappa shape index (κ3) is 6.04. The number of rotatable bonds is 9. The molecule has 0 bridgehead atoms. The van der Waals surface area contributed by atoms with Gasteiger partial charge in [-0.2, -0.15) is 0 Å². The van der Waals surface area contributed by atoms with Crippen molar-refractivity contribution >= 4 is 39.8 Å². The number of likely N-dealkylation sites (N-methyl/N-ethyl adjacent to an activating group) is 1. The van der Waals surface area contributed by atoms with Gasteiger partial charge in [0.15, 0.2) is 0 Å². The number of halogens is 2. The summed E-state index contributed by atoms with van der Waals surface area (Å²) in [6.45, 7) is 1.06. The molecule has 6 nitrogen and oxygen atoms in total. The molecule has 9 heteroatoms. The lowest BCUT2D eigenvalue weighted by Gasteiger charge is -2.18. The van der Waals surface area contributed by atoms with Crippen molar-refractivity contribution in [2.75, 3.05) is 39.2 Å². The van der Waals surface area contributed by atoms with Gasteiger partial charge in [0, 0.05) is 35.7 Å². The molecule has 0 saturated heterocycles. The summed E-state index contributed by atoms with van der Waals surface area (Å²) >= 11 is 7.56. The fourth-order valence-corrected chi connectivity index (χ4v) is 5.20. The van der Waals surface area contributed by atoms with Crippen LogP contribution >= 0.6 is 22.9 Å². The SMILES string of the molecule is COCCNC(=O)c1c(NC(=O)CN(C)Cc2c(F)cccc2Cl)sc2c1CCCC2. The first-order valence-electron chi connectivity index (χ1n) is 10.2. The Bertz CT molecular complexity index is 930. The van der Waals surface area contributed by atoms with E-state index in [1.54, 1.807) is 31.2 Å². The minimum atomic E-state index is -0.402. The molecular weight excluding hydrogens is 441 g/mol.